The van der Waals surface area contributed by atoms with E-state index >= 15 is 0 Å². The van der Waals surface area contributed by atoms with Crippen LogP contribution in [0.5, 0.6) is 0 Å². The van der Waals surface area contributed by atoms with Crippen molar-refractivity contribution in [1.82, 2.24) is 14.8 Å². The van der Waals surface area contributed by atoms with Gasteiger partial charge in [0, 0.05) is 12.8 Å². The third-order valence-corrected chi connectivity index (χ3v) is 5.36. The number of hydrogen-bond donors (Lipinski definition) is 1. The number of thioether (sulfide) groups is 1. The van der Waals surface area contributed by atoms with Gasteiger partial charge in [0.05, 0.1) is 12.6 Å². The van der Waals surface area contributed by atoms with Crippen LogP contribution in [0.2, 0.25) is 0 Å². The van der Waals surface area contributed by atoms with Crippen LogP contribution >= 0.6 is 11.8 Å². The Labute approximate surface area is 112 Å². The van der Waals surface area contributed by atoms with Gasteiger partial charge in [0.1, 0.15) is 11.6 Å². The van der Waals surface area contributed by atoms with Crippen LogP contribution in [0.4, 0.5) is 0 Å². The van der Waals surface area contributed by atoms with Crippen molar-refractivity contribution in [2.75, 3.05) is 18.1 Å². The van der Waals surface area contributed by atoms with E-state index in [4.69, 9.17) is 0 Å². The second kappa shape index (κ2) is 5.61. The lowest BCUT2D eigenvalue weighted by Crippen LogP contribution is -2.24. The molecule has 1 aromatic heterocycles. The van der Waals surface area contributed by atoms with Gasteiger partial charge in [-0.2, -0.15) is 11.8 Å². The van der Waals surface area contributed by atoms with Crippen molar-refractivity contribution in [3.8, 4) is 0 Å². The van der Waals surface area contributed by atoms with E-state index in [0.717, 1.165) is 43.3 Å². The van der Waals surface area contributed by atoms with Crippen molar-refractivity contribution in [3.05, 3.63) is 11.6 Å². The maximum Gasteiger partial charge on any atom is 0.133 e. The van der Waals surface area contributed by atoms with E-state index in [9.17, 15) is 5.11 Å². The molecule has 1 saturated heterocycles. The summed E-state index contributed by atoms with van der Waals surface area (Å²) in [6.07, 6.45) is 6.90. The minimum Gasteiger partial charge on any atom is -0.394 e. The summed E-state index contributed by atoms with van der Waals surface area (Å²) in [4.78, 5) is 0. The monoisotopic (exact) mass is 267 g/mol. The number of hydrogen-bond acceptors (Lipinski definition) is 4. The normalized spacial score (nSPS) is 28.1. The highest BCUT2D eigenvalue weighted by Crippen LogP contribution is 2.29. The fourth-order valence-corrected chi connectivity index (χ4v) is 4.27. The first kappa shape index (κ1) is 12.5. The Balaban J connectivity index is 1.77. The van der Waals surface area contributed by atoms with Gasteiger partial charge in [-0.05, 0) is 43.1 Å². The topological polar surface area (TPSA) is 50.9 Å². The maximum absolute atomic E-state index is 9.51. The minimum atomic E-state index is 0.218. The zero-order valence-electron chi connectivity index (χ0n) is 10.7. The van der Waals surface area contributed by atoms with Gasteiger partial charge in [-0.25, -0.2) is 0 Å². The van der Waals surface area contributed by atoms with Gasteiger partial charge in [-0.1, -0.05) is 0 Å². The van der Waals surface area contributed by atoms with Crippen LogP contribution < -0.4 is 0 Å². The summed E-state index contributed by atoms with van der Waals surface area (Å²) < 4.78 is 2.22. The fourth-order valence-electron chi connectivity index (χ4n) is 3.12. The molecule has 3 rings (SSSR count). The molecule has 0 aliphatic carbocycles. The largest absolute Gasteiger partial charge is 0.394 e. The standard InChI is InChI=1S/C13H21N3OS/c17-8-11-4-1-5-12-14-15-13(16(11)12)7-10-3-2-6-18-9-10/h10-11,17H,1-9H2. The van der Waals surface area contributed by atoms with Crippen LogP contribution in [0, 0.1) is 5.92 Å². The van der Waals surface area contributed by atoms with E-state index in [1.54, 1.807) is 0 Å². The SMILES string of the molecule is OCC1CCCc2nnc(CC3CCCSC3)n21. The van der Waals surface area contributed by atoms with E-state index in [0.29, 0.717) is 0 Å². The Kier molecular flexibility index (Phi) is 3.89. The smallest absolute Gasteiger partial charge is 0.133 e. The lowest BCUT2D eigenvalue weighted by atomic mass is 9.99. The highest BCUT2D eigenvalue weighted by molar-refractivity contribution is 7.99. The van der Waals surface area contributed by atoms with Gasteiger partial charge in [0.15, 0.2) is 0 Å². The number of fused-ring (bicyclic) bond motifs is 1. The van der Waals surface area contributed by atoms with Crippen LogP contribution in [0.25, 0.3) is 0 Å². The first-order valence-electron chi connectivity index (χ1n) is 6.99. The number of aliphatic hydroxyl groups is 1. The zero-order chi connectivity index (χ0) is 12.4. The summed E-state index contributed by atoms with van der Waals surface area (Å²) in [6.45, 7) is 0.220. The summed E-state index contributed by atoms with van der Waals surface area (Å²) in [6, 6.07) is 0.218. The summed E-state index contributed by atoms with van der Waals surface area (Å²) in [5, 5.41) is 18.2. The van der Waals surface area contributed by atoms with Crippen LogP contribution in [-0.4, -0.2) is 38.0 Å². The summed E-state index contributed by atoms with van der Waals surface area (Å²) in [7, 11) is 0. The Morgan fingerprint density at radius 1 is 1.28 bits per heavy atom. The molecule has 2 aliphatic heterocycles. The Morgan fingerprint density at radius 3 is 3.00 bits per heavy atom. The lowest BCUT2D eigenvalue weighted by molar-refractivity contribution is 0.202. The van der Waals surface area contributed by atoms with Crippen LogP contribution in [-0.2, 0) is 12.8 Å². The van der Waals surface area contributed by atoms with Crippen molar-refractivity contribution in [2.24, 2.45) is 5.92 Å². The Morgan fingerprint density at radius 2 is 2.22 bits per heavy atom. The van der Waals surface area contributed by atoms with Gasteiger partial charge in [0.2, 0.25) is 0 Å². The maximum atomic E-state index is 9.51. The summed E-state index contributed by atoms with van der Waals surface area (Å²) in [5.41, 5.74) is 0. The molecule has 0 aromatic carbocycles. The highest BCUT2D eigenvalue weighted by atomic mass is 32.2. The van der Waals surface area contributed by atoms with Crippen molar-refractivity contribution >= 4 is 11.8 Å². The summed E-state index contributed by atoms with van der Waals surface area (Å²) in [5.74, 6) is 5.51. The molecule has 18 heavy (non-hydrogen) atoms. The van der Waals surface area contributed by atoms with Gasteiger partial charge in [-0.3, -0.25) is 0 Å². The second-order valence-electron chi connectivity index (χ2n) is 5.42. The molecule has 1 N–H and O–H groups in total. The molecule has 0 bridgehead atoms. The van der Waals surface area contributed by atoms with Crippen molar-refractivity contribution < 1.29 is 5.11 Å². The molecule has 4 nitrogen and oxygen atoms in total. The molecule has 0 spiro atoms. The number of aliphatic hydroxyl groups excluding tert-OH is 1. The molecule has 0 amide bonds. The fraction of sp³-hybridized carbons (Fsp3) is 0.846. The number of aromatic nitrogens is 3. The lowest BCUT2D eigenvalue weighted by Gasteiger charge is -2.26. The Hall–Kier alpha value is -0.550. The van der Waals surface area contributed by atoms with Crippen LogP contribution in [0.3, 0.4) is 0 Å². The van der Waals surface area contributed by atoms with Crippen molar-refractivity contribution in [2.45, 2.75) is 44.6 Å². The predicted molar refractivity (Wildman–Crippen MR) is 72.8 cm³/mol. The van der Waals surface area contributed by atoms with E-state index in [1.165, 1.54) is 24.3 Å². The average molecular weight is 267 g/mol. The quantitative estimate of drug-likeness (QED) is 0.908. The van der Waals surface area contributed by atoms with E-state index in [1.807, 2.05) is 0 Å². The molecule has 1 fully saturated rings. The first-order chi connectivity index (χ1) is 8.88. The van der Waals surface area contributed by atoms with Gasteiger partial charge in [-0.15, -0.1) is 10.2 Å². The van der Waals surface area contributed by atoms with Crippen LogP contribution in [0.1, 0.15) is 43.4 Å². The van der Waals surface area contributed by atoms with Gasteiger partial charge in [0.25, 0.3) is 0 Å². The minimum absolute atomic E-state index is 0.218. The molecule has 0 saturated carbocycles. The molecule has 2 unspecified atom stereocenters. The number of nitrogens with zero attached hydrogens (tertiary/aromatic N) is 3. The van der Waals surface area contributed by atoms with Crippen molar-refractivity contribution in [1.29, 1.82) is 0 Å². The third-order valence-electron chi connectivity index (χ3n) is 4.08. The molecule has 5 heteroatoms. The third kappa shape index (κ3) is 2.43. The van der Waals surface area contributed by atoms with E-state index in [2.05, 4.69) is 26.5 Å². The second-order valence-corrected chi connectivity index (χ2v) is 6.57. The average Bonchev–Trinajstić information content (AvgIpc) is 2.83. The predicted octanol–water partition coefficient (Wildman–Crippen LogP) is 1.83. The van der Waals surface area contributed by atoms with E-state index in [-0.39, 0.29) is 12.6 Å². The molecule has 0 radical (unpaired) electrons. The van der Waals surface area contributed by atoms with Crippen molar-refractivity contribution in [3.63, 3.8) is 0 Å². The Bertz CT molecular complexity index is 401. The molecule has 1 aromatic rings. The molecular weight excluding hydrogens is 246 g/mol. The van der Waals surface area contributed by atoms with E-state index < -0.39 is 0 Å². The molecule has 2 atom stereocenters. The van der Waals surface area contributed by atoms with Crippen LogP contribution in [0.15, 0.2) is 0 Å². The zero-order valence-corrected chi connectivity index (χ0v) is 11.5. The number of rotatable bonds is 3. The molecular formula is C13H21N3OS. The molecule has 100 valence electrons. The van der Waals surface area contributed by atoms with Gasteiger partial charge >= 0.3 is 0 Å². The highest BCUT2D eigenvalue weighted by Gasteiger charge is 2.26. The van der Waals surface area contributed by atoms with Gasteiger partial charge < -0.3 is 9.67 Å². The summed E-state index contributed by atoms with van der Waals surface area (Å²) >= 11 is 2.06. The number of aryl methyl sites for hydroxylation is 1. The molecule has 2 aliphatic rings. The molecule has 3 heterocycles. The first-order valence-corrected chi connectivity index (χ1v) is 8.15.